The zero-order chi connectivity index (χ0) is 18.0. The Labute approximate surface area is 150 Å². The van der Waals surface area contributed by atoms with E-state index in [4.69, 9.17) is 0 Å². The van der Waals surface area contributed by atoms with Crippen LogP contribution in [-0.2, 0) is 9.84 Å². The van der Waals surface area contributed by atoms with Crippen LogP contribution in [0.4, 0.5) is 9.52 Å². The lowest BCUT2D eigenvalue weighted by Gasteiger charge is -2.04. The minimum Gasteiger partial charge on any atom is -0.362 e. The van der Waals surface area contributed by atoms with Gasteiger partial charge in [0.1, 0.15) is 5.82 Å². The van der Waals surface area contributed by atoms with Crippen LogP contribution in [0.3, 0.4) is 0 Å². The van der Waals surface area contributed by atoms with Crippen molar-refractivity contribution in [2.75, 3.05) is 18.1 Å². The maximum atomic E-state index is 13.2. The number of aromatic nitrogens is 1. The second kappa shape index (κ2) is 6.93. The molecule has 0 bridgehead atoms. The third-order valence-corrected chi connectivity index (χ3v) is 5.81. The van der Waals surface area contributed by atoms with Crippen LogP contribution in [0.15, 0.2) is 53.4 Å². The predicted octanol–water partition coefficient (Wildman–Crippen LogP) is 4.45. The second-order valence-electron chi connectivity index (χ2n) is 5.53. The van der Waals surface area contributed by atoms with Crippen LogP contribution in [0.2, 0.25) is 0 Å². The van der Waals surface area contributed by atoms with E-state index in [2.05, 4.69) is 10.3 Å². The minimum atomic E-state index is -3.24. The topological polar surface area (TPSA) is 59.1 Å². The molecular formula is C18H17FN2O2S2. The summed E-state index contributed by atoms with van der Waals surface area (Å²) in [6, 6.07) is 12.9. The molecule has 0 aliphatic carbocycles. The first kappa shape index (κ1) is 17.6. The summed E-state index contributed by atoms with van der Waals surface area (Å²) in [4.78, 5) is 5.79. The lowest BCUT2D eigenvalue weighted by Crippen LogP contribution is -1.96. The normalized spacial score (nSPS) is 11.5. The SMILES string of the molecule is CCNc1nc(-c2ccc(F)cc2)c(-c2ccc(S(C)(=O)=O)cc2)s1. The summed E-state index contributed by atoms with van der Waals surface area (Å²) in [6.45, 7) is 2.72. The first-order valence-electron chi connectivity index (χ1n) is 7.69. The second-order valence-corrected chi connectivity index (χ2v) is 8.55. The van der Waals surface area contributed by atoms with Gasteiger partial charge >= 0.3 is 0 Å². The summed E-state index contributed by atoms with van der Waals surface area (Å²) < 4.78 is 36.5. The van der Waals surface area contributed by atoms with Crippen LogP contribution in [0, 0.1) is 5.82 Å². The van der Waals surface area contributed by atoms with E-state index >= 15 is 0 Å². The number of benzene rings is 2. The number of hydrogen-bond acceptors (Lipinski definition) is 5. The Bertz CT molecular complexity index is 979. The van der Waals surface area contributed by atoms with Gasteiger partial charge in [0, 0.05) is 18.4 Å². The molecule has 0 amide bonds. The summed E-state index contributed by atoms with van der Waals surface area (Å²) >= 11 is 1.48. The maximum Gasteiger partial charge on any atom is 0.183 e. The molecule has 0 spiro atoms. The third kappa shape index (κ3) is 3.88. The van der Waals surface area contributed by atoms with Crippen molar-refractivity contribution in [3.63, 3.8) is 0 Å². The average molecular weight is 376 g/mol. The summed E-state index contributed by atoms with van der Waals surface area (Å²) in [5.41, 5.74) is 2.42. The van der Waals surface area contributed by atoms with Gasteiger partial charge in [-0.15, -0.1) is 0 Å². The molecule has 0 aliphatic heterocycles. The fourth-order valence-corrected chi connectivity index (χ4v) is 4.09. The molecule has 0 saturated heterocycles. The number of hydrogen-bond donors (Lipinski definition) is 1. The molecule has 2 aromatic carbocycles. The van der Waals surface area contributed by atoms with Crippen LogP contribution in [0.25, 0.3) is 21.7 Å². The highest BCUT2D eigenvalue weighted by atomic mass is 32.2. The van der Waals surface area contributed by atoms with Crippen molar-refractivity contribution in [2.24, 2.45) is 0 Å². The number of anilines is 1. The highest BCUT2D eigenvalue weighted by Crippen LogP contribution is 2.39. The Hall–Kier alpha value is -2.25. The van der Waals surface area contributed by atoms with E-state index < -0.39 is 9.84 Å². The highest BCUT2D eigenvalue weighted by Gasteiger charge is 2.16. The fraction of sp³-hybridized carbons (Fsp3) is 0.167. The molecule has 0 atom stereocenters. The van der Waals surface area contributed by atoms with Crippen LogP contribution < -0.4 is 5.32 Å². The van der Waals surface area contributed by atoms with E-state index in [9.17, 15) is 12.8 Å². The Morgan fingerprint density at radius 2 is 1.64 bits per heavy atom. The molecule has 3 aromatic rings. The van der Waals surface area contributed by atoms with Gasteiger partial charge in [0.2, 0.25) is 0 Å². The van der Waals surface area contributed by atoms with Gasteiger partial charge < -0.3 is 5.32 Å². The first-order valence-corrected chi connectivity index (χ1v) is 10.4. The molecule has 4 nitrogen and oxygen atoms in total. The molecule has 7 heteroatoms. The summed E-state index contributed by atoms with van der Waals surface area (Å²) in [5.74, 6) is -0.301. The molecule has 1 aromatic heterocycles. The van der Waals surface area contributed by atoms with Crippen molar-refractivity contribution in [2.45, 2.75) is 11.8 Å². The van der Waals surface area contributed by atoms with Gasteiger partial charge in [0.05, 0.1) is 15.5 Å². The van der Waals surface area contributed by atoms with E-state index in [0.29, 0.717) is 0 Å². The number of halogens is 1. The molecule has 0 saturated carbocycles. The van der Waals surface area contributed by atoms with Crippen molar-refractivity contribution >= 4 is 26.3 Å². The van der Waals surface area contributed by atoms with Crippen LogP contribution in [0.5, 0.6) is 0 Å². The maximum absolute atomic E-state index is 13.2. The molecule has 0 aliphatic rings. The van der Waals surface area contributed by atoms with E-state index in [1.165, 1.54) is 29.7 Å². The molecule has 1 heterocycles. The van der Waals surface area contributed by atoms with Crippen molar-refractivity contribution in [1.82, 2.24) is 4.98 Å². The lowest BCUT2D eigenvalue weighted by molar-refractivity contribution is 0.602. The van der Waals surface area contributed by atoms with Crippen LogP contribution in [-0.4, -0.2) is 26.2 Å². The molecule has 3 rings (SSSR count). The average Bonchev–Trinajstić information content (AvgIpc) is 2.99. The van der Waals surface area contributed by atoms with Gasteiger partial charge in [0.25, 0.3) is 0 Å². The van der Waals surface area contributed by atoms with E-state index in [0.717, 1.165) is 33.4 Å². The Balaban J connectivity index is 2.09. The fourth-order valence-electron chi connectivity index (χ4n) is 2.40. The number of sulfone groups is 1. The summed E-state index contributed by atoms with van der Waals surface area (Å²) in [5, 5.41) is 3.96. The monoisotopic (exact) mass is 376 g/mol. The molecular weight excluding hydrogens is 359 g/mol. The van der Waals surface area contributed by atoms with Crippen molar-refractivity contribution in [3.05, 3.63) is 54.3 Å². The smallest absolute Gasteiger partial charge is 0.183 e. The molecule has 1 N–H and O–H groups in total. The summed E-state index contributed by atoms with van der Waals surface area (Å²) in [6.07, 6.45) is 1.18. The van der Waals surface area contributed by atoms with E-state index in [1.807, 2.05) is 6.92 Å². The molecule has 25 heavy (non-hydrogen) atoms. The lowest BCUT2D eigenvalue weighted by atomic mass is 10.1. The van der Waals surface area contributed by atoms with Gasteiger partial charge in [-0.2, -0.15) is 0 Å². The van der Waals surface area contributed by atoms with Crippen molar-refractivity contribution < 1.29 is 12.8 Å². The molecule has 0 unspecified atom stereocenters. The van der Waals surface area contributed by atoms with Crippen molar-refractivity contribution in [3.8, 4) is 21.7 Å². The molecule has 0 radical (unpaired) electrons. The van der Waals surface area contributed by atoms with Crippen LogP contribution >= 0.6 is 11.3 Å². The quantitative estimate of drug-likeness (QED) is 0.715. The van der Waals surface area contributed by atoms with Gasteiger partial charge in [-0.3, -0.25) is 0 Å². The van der Waals surface area contributed by atoms with E-state index in [-0.39, 0.29) is 10.7 Å². The van der Waals surface area contributed by atoms with Gasteiger partial charge in [-0.05, 0) is 48.9 Å². The molecule has 0 fully saturated rings. The third-order valence-electron chi connectivity index (χ3n) is 3.62. The Morgan fingerprint density at radius 1 is 1.04 bits per heavy atom. The number of thiazole rings is 1. The highest BCUT2D eigenvalue weighted by molar-refractivity contribution is 7.90. The number of nitrogens with one attached hydrogen (secondary N) is 1. The van der Waals surface area contributed by atoms with Crippen LogP contribution in [0.1, 0.15) is 6.92 Å². The Kier molecular flexibility index (Phi) is 4.87. The zero-order valence-electron chi connectivity index (χ0n) is 13.8. The standard InChI is InChI=1S/C18H17FN2O2S2/c1-3-20-18-21-16(12-4-8-14(19)9-5-12)17(24-18)13-6-10-15(11-7-13)25(2,22)23/h4-11H,3H2,1-2H3,(H,20,21). The van der Waals surface area contributed by atoms with Gasteiger partial charge in [-0.25, -0.2) is 17.8 Å². The van der Waals surface area contributed by atoms with Crippen molar-refractivity contribution in [1.29, 1.82) is 0 Å². The zero-order valence-corrected chi connectivity index (χ0v) is 15.4. The van der Waals surface area contributed by atoms with Gasteiger partial charge in [0.15, 0.2) is 15.0 Å². The Morgan fingerprint density at radius 3 is 2.20 bits per heavy atom. The summed E-state index contributed by atoms with van der Waals surface area (Å²) in [7, 11) is -3.24. The minimum absolute atomic E-state index is 0.274. The van der Waals surface area contributed by atoms with E-state index in [1.54, 1.807) is 36.4 Å². The largest absolute Gasteiger partial charge is 0.362 e. The predicted molar refractivity (Wildman–Crippen MR) is 100 cm³/mol. The first-order chi connectivity index (χ1) is 11.9. The number of nitrogens with zero attached hydrogens (tertiary/aromatic N) is 1. The molecule has 130 valence electrons. The number of rotatable bonds is 5. The van der Waals surface area contributed by atoms with Gasteiger partial charge in [-0.1, -0.05) is 23.5 Å².